The summed E-state index contributed by atoms with van der Waals surface area (Å²) in [6.45, 7) is 10.5. The van der Waals surface area contributed by atoms with Crippen LogP contribution >= 0.6 is 0 Å². The van der Waals surface area contributed by atoms with E-state index in [0.717, 1.165) is 6.08 Å². The monoisotopic (exact) mass is 320 g/mol. The number of alkyl halides is 2. The van der Waals surface area contributed by atoms with E-state index < -0.39 is 23.2 Å². The summed E-state index contributed by atoms with van der Waals surface area (Å²) in [6.07, 6.45) is 2.11. The number of methoxy groups -OCH3 is 1. The molecule has 0 saturated carbocycles. The number of hydrogen-bond acceptors (Lipinski definition) is 4. The van der Waals surface area contributed by atoms with Crippen molar-refractivity contribution in [2.75, 3.05) is 27.1 Å². The summed E-state index contributed by atoms with van der Waals surface area (Å²) in [6, 6.07) is 0. The molecule has 0 aliphatic heterocycles. The maximum Gasteiger partial charge on any atom is 0.332 e. The summed E-state index contributed by atoms with van der Waals surface area (Å²) >= 11 is 0. The largest absolute Gasteiger partial charge is 0.466 e. The second-order valence-electron chi connectivity index (χ2n) is 5.46. The molecular weight excluding hydrogens is 294 g/mol. The van der Waals surface area contributed by atoms with Crippen LogP contribution in [0.25, 0.3) is 0 Å². The van der Waals surface area contributed by atoms with Crippen LogP contribution in [0.4, 0.5) is 8.78 Å². The molecule has 0 saturated heterocycles. The minimum Gasteiger partial charge on any atom is -0.466 e. The fraction of sp³-hybridized carbons (Fsp3) is 0.625. The SMILES string of the molecule is C=CCC(C)(C)C=C(OCOCCOC)C(F)(F)C(O)C=C. The van der Waals surface area contributed by atoms with E-state index in [0.29, 0.717) is 13.0 Å². The number of halogens is 2. The molecule has 0 aromatic heterocycles. The molecule has 0 aromatic carbocycles. The molecule has 4 nitrogen and oxygen atoms in total. The predicted molar refractivity (Wildman–Crippen MR) is 81.6 cm³/mol. The van der Waals surface area contributed by atoms with Crippen LogP contribution in [0.2, 0.25) is 0 Å². The smallest absolute Gasteiger partial charge is 0.332 e. The van der Waals surface area contributed by atoms with E-state index in [1.54, 1.807) is 19.9 Å². The van der Waals surface area contributed by atoms with Crippen LogP contribution < -0.4 is 0 Å². The van der Waals surface area contributed by atoms with Gasteiger partial charge in [-0.25, -0.2) is 0 Å². The van der Waals surface area contributed by atoms with Crippen LogP contribution in [0.1, 0.15) is 20.3 Å². The van der Waals surface area contributed by atoms with E-state index in [9.17, 15) is 13.9 Å². The Morgan fingerprint density at radius 3 is 2.41 bits per heavy atom. The molecule has 0 amide bonds. The van der Waals surface area contributed by atoms with Crippen molar-refractivity contribution in [1.82, 2.24) is 0 Å². The van der Waals surface area contributed by atoms with Crippen LogP contribution in [0, 0.1) is 5.41 Å². The molecule has 1 atom stereocenters. The Labute approximate surface area is 131 Å². The number of hydrogen-bond donors (Lipinski definition) is 1. The molecule has 0 radical (unpaired) electrons. The zero-order valence-electron chi connectivity index (χ0n) is 13.5. The van der Waals surface area contributed by atoms with Gasteiger partial charge in [0.2, 0.25) is 0 Å². The fourth-order valence-electron chi connectivity index (χ4n) is 1.62. The van der Waals surface area contributed by atoms with E-state index in [4.69, 9.17) is 14.2 Å². The Hall–Kier alpha value is -1.24. The van der Waals surface area contributed by atoms with Gasteiger partial charge in [-0.05, 0) is 17.9 Å². The molecule has 1 unspecified atom stereocenters. The molecule has 128 valence electrons. The summed E-state index contributed by atoms with van der Waals surface area (Å²) in [7, 11) is 1.50. The third-order valence-corrected chi connectivity index (χ3v) is 2.85. The van der Waals surface area contributed by atoms with E-state index in [-0.39, 0.29) is 13.4 Å². The molecule has 0 rings (SSSR count). The van der Waals surface area contributed by atoms with E-state index in [1.165, 1.54) is 13.2 Å². The van der Waals surface area contributed by atoms with Gasteiger partial charge in [0, 0.05) is 7.11 Å². The molecule has 0 heterocycles. The topological polar surface area (TPSA) is 47.9 Å². The number of aliphatic hydroxyl groups excluding tert-OH is 1. The maximum absolute atomic E-state index is 14.2. The number of allylic oxidation sites excluding steroid dienone is 2. The zero-order valence-corrected chi connectivity index (χ0v) is 13.5. The molecule has 0 aliphatic rings. The quantitative estimate of drug-likeness (QED) is 0.259. The van der Waals surface area contributed by atoms with Crippen LogP contribution in [0.5, 0.6) is 0 Å². The van der Waals surface area contributed by atoms with E-state index in [2.05, 4.69) is 13.2 Å². The lowest BCUT2D eigenvalue weighted by molar-refractivity contribution is -0.124. The third kappa shape index (κ3) is 7.15. The Kier molecular flexibility index (Phi) is 9.16. The Bertz CT molecular complexity index is 378. The van der Waals surface area contributed by atoms with Gasteiger partial charge < -0.3 is 19.3 Å². The normalized spacial score (nSPS) is 14.5. The van der Waals surface area contributed by atoms with E-state index in [1.807, 2.05) is 0 Å². The molecule has 0 fully saturated rings. The van der Waals surface area contributed by atoms with Gasteiger partial charge in [-0.15, -0.1) is 13.2 Å². The number of ether oxygens (including phenoxy) is 3. The van der Waals surface area contributed by atoms with Gasteiger partial charge in [-0.2, -0.15) is 8.78 Å². The molecule has 0 aromatic rings. The van der Waals surface area contributed by atoms with E-state index >= 15 is 0 Å². The first-order valence-electron chi connectivity index (χ1n) is 6.93. The van der Waals surface area contributed by atoms with Crippen molar-refractivity contribution in [3.63, 3.8) is 0 Å². The average molecular weight is 320 g/mol. The summed E-state index contributed by atoms with van der Waals surface area (Å²) in [5.41, 5.74) is -0.603. The molecule has 1 N–H and O–H groups in total. The van der Waals surface area contributed by atoms with Crippen molar-refractivity contribution < 1.29 is 28.1 Å². The minimum atomic E-state index is -3.59. The van der Waals surface area contributed by atoms with Crippen LogP contribution in [0.15, 0.2) is 37.1 Å². The van der Waals surface area contributed by atoms with Crippen molar-refractivity contribution in [2.45, 2.75) is 32.3 Å². The highest BCUT2D eigenvalue weighted by molar-refractivity contribution is 5.15. The first kappa shape index (κ1) is 20.8. The van der Waals surface area contributed by atoms with Gasteiger partial charge in [0.1, 0.15) is 6.10 Å². The fourth-order valence-corrected chi connectivity index (χ4v) is 1.62. The van der Waals surface area contributed by atoms with Crippen molar-refractivity contribution in [3.8, 4) is 0 Å². The van der Waals surface area contributed by atoms with Crippen LogP contribution in [-0.4, -0.2) is 44.2 Å². The van der Waals surface area contributed by atoms with Crippen LogP contribution in [-0.2, 0) is 14.2 Å². The average Bonchev–Trinajstić information content (AvgIpc) is 2.44. The van der Waals surface area contributed by atoms with Crippen molar-refractivity contribution >= 4 is 0 Å². The Morgan fingerprint density at radius 1 is 1.27 bits per heavy atom. The summed E-state index contributed by atoms with van der Waals surface area (Å²) in [5.74, 6) is -4.24. The predicted octanol–water partition coefficient (Wildman–Crippen LogP) is 3.29. The number of rotatable bonds is 12. The lowest BCUT2D eigenvalue weighted by atomic mass is 9.87. The van der Waals surface area contributed by atoms with Gasteiger partial charge in [0.25, 0.3) is 0 Å². The van der Waals surface area contributed by atoms with Gasteiger partial charge in [0.05, 0.1) is 13.2 Å². The van der Waals surface area contributed by atoms with Crippen LogP contribution in [0.3, 0.4) is 0 Å². The van der Waals surface area contributed by atoms with Gasteiger partial charge in [0.15, 0.2) is 12.6 Å². The lowest BCUT2D eigenvalue weighted by Crippen LogP contribution is -2.36. The van der Waals surface area contributed by atoms with Gasteiger partial charge in [-0.1, -0.05) is 26.0 Å². The summed E-state index contributed by atoms with van der Waals surface area (Å²) < 4.78 is 43.3. The number of aliphatic hydroxyl groups is 1. The lowest BCUT2D eigenvalue weighted by Gasteiger charge is -2.27. The maximum atomic E-state index is 14.2. The first-order valence-corrected chi connectivity index (χ1v) is 6.93. The van der Waals surface area contributed by atoms with Gasteiger partial charge >= 0.3 is 5.92 Å². The highest BCUT2D eigenvalue weighted by Gasteiger charge is 2.43. The first-order chi connectivity index (χ1) is 10.2. The minimum absolute atomic E-state index is 0.218. The van der Waals surface area contributed by atoms with Gasteiger partial charge in [-0.3, -0.25) is 0 Å². The molecule has 6 heteroatoms. The highest BCUT2D eigenvalue weighted by atomic mass is 19.3. The Balaban J connectivity index is 5.10. The highest BCUT2D eigenvalue weighted by Crippen LogP contribution is 2.34. The summed E-state index contributed by atoms with van der Waals surface area (Å²) in [4.78, 5) is 0. The van der Waals surface area contributed by atoms with Crippen molar-refractivity contribution in [1.29, 1.82) is 0 Å². The second kappa shape index (κ2) is 9.71. The Morgan fingerprint density at radius 2 is 1.91 bits per heavy atom. The van der Waals surface area contributed by atoms with Crippen molar-refractivity contribution in [2.24, 2.45) is 5.41 Å². The zero-order chi connectivity index (χ0) is 17.2. The third-order valence-electron chi connectivity index (χ3n) is 2.85. The molecule has 22 heavy (non-hydrogen) atoms. The second-order valence-corrected chi connectivity index (χ2v) is 5.46. The molecule has 0 bridgehead atoms. The standard InChI is InChI=1S/C16H26F2O4/c1-6-8-15(3,4)11-14(16(17,18)13(19)7-2)22-12-21-10-9-20-5/h6-7,11,13,19H,1-2,8-10,12H2,3-5H3. The van der Waals surface area contributed by atoms with Crippen molar-refractivity contribution in [3.05, 3.63) is 37.1 Å². The molecule has 0 spiro atoms. The summed E-state index contributed by atoms with van der Waals surface area (Å²) in [5, 5.41) is 9.45. The molecular formula is C16H26F2O4. The molecule has 0 aliphatic carbocycles.